The number of aromatic nitrogens is 5. The highest BCUT2D eigenvalue weighted by molar-refractivity contribution is 8.00. The molecule has 0 unspecified atom stereocenters. The van der Waals surface area contributed by atoms with E-state index < -0.39 is 0 Å². The van der Waals surface area contributed by atoms with Crippen LogP contribution in [0.25, 0.3) is 21.5 Å². The molecule has 0 atom stereocenters. The van der Waals surface area contributed by atoms with Crippen LogP contribution in [-0.4, -0.2) is 30.6 Å². The van der Waals surface area contributed by atoms with Crippen LogP contribution in [0, 0.1) is 0 Å². The van der Waals surface area contributed by atoms with Gasteiger partial charge in [-0.2, -0.15) is 5.10 Å². The molecule has 0 saturated heterocycles. The lowest BCUT2D eigenvalue weighted by atomic mass is 10.2. The van der Waals surface area contributed by atoms with Crippen molar-refractivity contribution in [3.63, 3.8) is 0 Å². The Hall–Kier alpha value is -2.12. The number of hydrogen-bond acceptors (Lipinski definition) is 5. The lowest BCUT2D eigenvalue weighted by Crippen LogP contribution is -1.99. The minimum atomic E-state index is 0.784. The van der Waals surface area contributed by atoms with Gasteiger partial charge in [0.15, 0.2) is 4.34 Å². The third kappa shape index (κ3) is 2.77. The van der Waals surface area contributed by atoms with Gasteiger partial charge in [-0.25, -0.2) is 9.97 Å². The number of aryl methyl sites for hydroxylation is 1. The van der Waals surface area contributed by atoms with Gasteiger partial charge >= 0.3 is 0 Å². The maximum atomic E-state index is 4.59. The van der Waals surface area contributed by atoms with Crippen molar-refractivity contribution in [1.29, 1.82) is 0 Å². The van der Waals surface area contributed by atoms with Crippen LogP contribution in [0.5, 0.6) is 0 Å². The number of imidazole rings is 1. The molecule has 5 nitrogen and oxygen atoms in total. The van der Waals surface area contributed by atoms with Crippen molar-refractivity contribution >= 4 is 33.3 Å². The highest BCUT2D eigenvalue weighted by Crippen LogP contribution is 2.29. The maximum absolute atomic E-state index is 4.59. The van der Waals surface area contributed by atoms with Gasteiger partial charge in [0.25, 0.3) is 0 Å². The van der Waals surface area contributed by atoms with E-state index in [2.05, 4.69) is 44.1 Å². The minimum Gasteiger partial charge on any atom is -0.326 e. The summed E-state index contributed by atoms with van der Waals surface area (Å²) in [6.07, 6.45) is 9.68. The summed E-state index contributed by atoms with van der Waals surface area (Å²) in [5.41, 5.74) is 4.47. The van der Waals surface area contributed by atoms with E-state index in [0.29, 0.717) is 0 Å². The summed E-state index contributed by atoms with van der Waals surface area (Å²) in [5, 5.41) is 4.24. The summed E-state index contributed by atoms with van der Waals surface area (Å²) in [5.74, 6) is 0. The first-order valence-electron chi connectivity index (χ1n) is 7.15. The zero-order chi connectivity index (χ0) is 15.8. The van der Waals surface area contributed by atoms with Gasteiger partial charge in [-0.1, -0.05) is 17.8 Å². The summed E-state index contributed by atoms with van der Waals surface area (Å²) in [6, 6.07) is 6.46. The fraction of sp³-hybridized carbons (Fsp3) is 0.188. The molecule has 4 aromatic rings. The van der Waals surface area contributed by atoms with Crippen LogP contribution in [0.4, 0.5) is 0 Å². The van der Waals surface area contributed by atoms with Gasteiger partial charge in [-0.05, 0) is 24.0 Å². The van der Waals surface area contributed by atoms with Gasteiger partial charge in [0.2, 0.25) is 0 Å². The number of hydrogen-bond donors (Lipinski definition) is 0. The summed E-state index contributed by atoms with van der Waals surface area (Å²) in [4.78, 5) is 8.89. The van der Waals surface area contributed by atoms with Crippen LogP contribution in [0.1, 0.15) is 5.56 Å². The third-order valence-electron chi connectivity index (χ3n) is 3.67. The topological polar surface area (TPSA) is 48.5 Å². The van der Waals surface area contributed by atoms with Crippen molar-refractivity contribution in [2.45, 2.75) is 10.9 Å². The molecule has 0 aliphatic rings. The molecule has 1 aromatic carbocycles. The molecule has 0 fully saturated rings. The molecule has 7 heteroatoms. The number of rotatable bonds is 4. The van der Waals surface area contributed by atoms with E-state index in [1.54, 1.807) is 27.8 Å². The smallest absolute Gasteiger partial charge is 0.150 e. The summed E-state index contributed by atoms with van der Waals surface area (Å²) in [7, 11) is 1.92. The van der Waals surface area contributed by atoms with E-state index in [1.165, 1.54) is 10.3 Å². The molecule has 23 heavy (non-hydrogen) atoms. The van der Waals surface area contributed by atoms with Crippen molar-refractivity contribution in [1.82, 2.24) is 24.3 Å². The zero-order valence-corrected chi connectivity index (χ0v) is 14.4. The largest absolute Gasteiger partial charge is 0.326 e. The normalized spacial score (nSPS) is 11.4. The van der Waals surface area contributed by atoms with Gasteiger partial charge in [-0.15, -0.1) is 11.3 Å². The number of thiazole rings is 1. The second-order valence-electron chi connectivity index (χ2n) is 5.30. The van der Waals surface area contributed by atoms with Crippen LogP contribution in [0.15, 0.2) is 47.5 Å². The molecule has 0 aliphatic carbocycles. The Morgan fingerprint density at radius 2 is 2.17 bits per heavy atom. The SMILES string of the molecule is CSc1nc2ccc(Cn3cncc3-c3cnn(C)c3)cc2s1. The minimum absolute atomic E-state index is 0.784. The fourth-order valence-electron chi connectivity index (χ4n) is 2.57. The predicted molar refractivity (Wildman–Crippen MR) is 94.9 cm³/mol. The van der Waals surface area contributed by atoms with Crippen molar-refractivity contribution < 1.29 is 0 Å². The molecule has 3 heterocycles. The van der Waals surface area contributed by atoms with Gasteiger partial charge in [0.1, 0.15) is 0 Å². The van der Waals surface area contributed by atoms with E-state index >= 15 is 0 Å². The van der Waals surface area contributed by atoms with E-state index in [-0.39, 0.29) is 0 Å². The van der Waals surface area contributed by atoms with Crippen LogP contribution in [0.3, 0.4) is 0 Å². The molecule has 0 saturated carbocycles. The van der Waals surface area contributed by atoms with E-state index in [4.69, 9.17) is 0 Å². The van der Waals surface area contributed by atoms with Gasteiger partial charge in [0.05, 0.1) is 34.6 Å². The molecule has 0 radical (unpaired) electrons. The Kier molecular flexibility index (Phi) is 3.66. The first-order valence-corrected chi connectivity index (χ1v) is 9.19. The second kappa shape index (κ2) is 5.82. The van der Waals surface area contributed by atoms with Crippen molar-refractivity contribution in [2.24, 2.45) is 7.05 Å². The van der Waals surface area contributed by atoms with E-state index in [0.717, 1.165) is 27.7 Å². The van der Waals surface area contributed by atoms with E-state index in [9.17, 15) is 0 Å². The highest BCUT2D eigenvalue weighted by Gasteiger charge is 2.09. The summed E-state index contributed by atoms with van der Waals surface area (Å²) >= 11 is 3.43. The van der Waals surface area contributed by atoms with Crippen LogP contribution < -0.4 is 0 Å². The van der Waals surface area contributed by atoms with Gasteiger partial charge < -0.3 is 4.57 Å². The average molecular weight is 341 g/mol. The van der Waals surface area contributed by atoms with Crippen LogP contribution >= 0.6 is 23.1 Å². The third-order valence-corrected chi connectivity index (χ3v) is 5.68. The Balaban J connectivity index is 1.67. The molecule has 0 bridgehead atoms. The molecule has 0 amide bonds. The van der Waals surface area contributed by atoms with Crippen LogP contribution in [-0.2, 0) is 13.6 Å². The summed E-state index contributed by atoms with van der Waals surface area (Å²) < 4.78 is 6.29. The standard InChI is InChI=1S/C16H15N5S2/c1-20-9-12(6-18-20)14-7-17-10-21(14)8-11-3-4-13-15(5-11)23-16(19-13)22-2/h3-7,9-10H,8H2,1-2H3. The second-order valence-corrected chi connectivity index (χ2v) is 7.38. The molecule has 0 aliphatic heterocycles. The molecule has 0 N–H and O–H groups in total. The summed E-state index contributed by atoms with van der Waals surface area (Å²) in [6.45, 7) is 0.784. The predicted octanol–water partition coefficient (Wildman–Crippen LogP) is 3.66. The molecular weight excluding hydrogens is 326 g/mol. The maximum Gasteiger partial charge on any atom is 0.150 e. The Morgan fingerprint density at radius 1 is 1.26 bits per heavy atom. The Morgan fingerprint density at radius 3 is 2.96 bits per heavy atom. The first kappa shape index (κ1) is 14.5. The molecule has 0 spiro atoms. The zero-order valence-electron chi connectivity index (χ0n) is 12.8. The number of thioether (sulfide) groups is 1. The molecular formula is C16H15N5S2. The average Bonchev–Trinajstić information content (AvgIpc) is 3.25. The Bertz CT molecular complexity index is 966. The van der Waals surface area contributed by atoms with Gasteiger partial charge in [0, 0.05) is 25.4 Å². The number of nitrogens with zero attached hydrogens (tertiary/aromatic N) is 5. The fourth-order valence-corrected chi connectivity index (χ4v) is 4.12. The first-order chi connectivity index (χ1) is 11.2. The lowest BCUT2D eigenvalue weighted by molar-refractivity contribution is 0.767. The lowest BCUT2D eigenvalue weighted by Gasteiger charge is -2.07. The highest BCUT2D eigenvalue weighted by atomic mass is 32.2. The monoisotopic (exact) mass is 341 g/mol. The number of fused-ring (bicyclic) bond motifs is 1. The molecule has 4 rings (SSSR count). The van der Waals surface area contributed by atoms with Crippen molar-refractivity contribution in [2.75, 3.05) is 6.26 Å². The van der Waals surface area contributed by atoms with Crippen molar-refractivity contribution in [3.05, 3.63) is 48.7 Å². The Labute approximate surface area is 142 Å². The van der Waals surface area contributed by atoms with Crippen molar-refractivity contribution in [3.8, 4) is 11.3 Å². The van der Waals surface area contributed by atoms with Crippen LogP contribution in [0.2, 0.25) is 0 Å². The van der Waals surface area contributed by atoms with Gasteiger partial charge in [-0.3, -0.25) is 4.68 Å². The van der Waals surface area contributed by atoms with E-state index in [1.807, 2.05) is 32.0 Å². The quantitative estimate of drug-likeness (QED) is 0.532. The number of benzene rings is 1. The molecule has 3 aromatic heterocycles. The molecule has 116 valence electrons.